The number of nitrogens with one attached hydrogen (secondary N) is 1. The predicted molar refractivity (Wildman–Crippen MR) is 59.4 cm³/mol. The predicted octanol–water partition coefficient (Wildman–Crippen LogP) is 0.425. The van der Waals surface area contributed by atoms with Gasteiger partial charge in [0.15, 0.2) is 5.69 Å². The number of aromatic nitrogens is 2. The number of rotatable bonds is 2. The maximum Gasteiger partial charge on any atom is 0.356 e. The molecule has 0 aromatic carbocycles. The van der Waals surface area contributed by atoms with Crippen LogP contribution in [-0.4, -0.2) is 38.7 Å². The number of carbonyl (C=O) groups is 1. The largest absolute Gasteiger partial charge is 0.506 e. The Morgan fingerprint density at radius 1 is 1.53 bits per heavy atom. The second-order valence-corrected chi connectivity index (χ2v) is 4.09. The number of carboxylic acid groups (broad SMARTS) is 1. The lowest BCUT2D eigenvalue weighted by atomic mass is 10.0. The molecule has 88 valence electrons. The van der Waals surface area contributed by atoms with Gasteiger partial charge in [-0.3, -0.25) is 4.40 Å². The molecule has 0 amide bonds. The Labute approximate surface area is 96.5 Å². The highest BCUT2D eigenvalue weighted by Gasteiger charge is 2.27. The van der Waals surface area contributed by atoms with Crippen molar-refractivity contribution < 1.29 is 15.0 Å². The van der Waals surface area contributed by atoms with Gasteiger partial charge in [-0.05, 0) is 12.1 Å². The molecule has 0 radical (unpaired) electrons. The summed E-state index contributed by atoms with van der Waals surface area (Å²) in [7, 11) is 0. The lowest BCUT2D eigenvalue weighted by Crippen LogP contribution is -2.40. The first-order valence-electron chi connectivity index (χ1n) is 5.32. The molecule has 6 heteroatoms. The molecule has 0 atom stereocenters. The van der Waals surface area contributed by atoms with E-state index in [4.69, 9.17) is 5.11 Å². The molecule has 1 saturated heterocycles. The highest BCUT2D eigenvalue weighted by Crippen LogP contribution is 2.27. The summed E-state index contributed by atoms with van der Waals surface area (Å²) >= 11 is 0. The van der Waals surface area contributed by atoms with E-state index in [1.165, 1.54) is 6.07 Å². The maximum atomic E-state index is 11.1. The fourth-order valence-electron chi connectivity index (χ4n) is 2.05. The zero-order chi connectivity index (χ0) is 12.0. The van der Waals surface area contributed by atoms with Crippen molar-refractivity contribution in [1.82, 2.24) is 14.7 Å². The fourth-order valence-corrected chi connectivity index (χ4v) is 2.05. The molecular weight excluding hydrogens is 222 g/mol. The minimum atomic E-state index is -1.12. The number of carboxylic acids is 1. The van der Waals surface area contributed by atoms with Gasteiger partial charge in [0.25, 0.3) is 0 Å². The van der Waals surface area contributed by atoms with Crippen molar-refractivity contribution in [2.45, 2.75) is 5.92 Å². The summed E-state index contributed by atoms with van der Waals surface area (Å²) in [5.41, 5.74) is 0.173. The van der Waals surface area contributed by atoms with Crippen LogP contribution in [0.2, 0.25) is 0 Å². The standard InChI is InChI=1S/C11H11N3O3/c15-7-2-1-3-14-9(7)8(11(16)17)13-10(14)6-4-12-5-6/h1-3,6,12,15H,4-5H2,(H,16,17). The van der Waals surface area contributed by atoms with Gasteiger partial charge in [0, 0.05) is 25.2 Å². The van der Waals surface area contributed by atoms with Crippen molar-refractivity contribution in [1.29, 1.82) is 0 Å². The molecular formula is C11H11N3O3. The molecule has 3 heterocycles. The summed E-state index contributed by atoms with van der Waals surface area (Å²) in [6.07, 6.45) is 1.72. The average molecular weight is 233 g/mol. The first-order valence-corrected chi connectivity index (χ1v) is 5.32. The molecule has 0 aliphatic carbocycles. The number of hydrogen-bond acceptors (Lipinski definition) is 4. The van der Waals surface area contributed by atoms with E-state index in [1.807, 2.05) is 0 Å². The minimum Gasteiger partial charge on any atom is -0.506 e. The van der Waals surface area contributed by atoms with Crippen LogP contribution in [0, 0.1) is 0 Å². The first kappa shape index (κ1) is 10.1. The van der Waals surface area contributed by atoms with Gasteiger partial charge in [-0.1, -0.05) is 0 Å². The highest BCUT2D eigenvalue weighted by atomic mass is 16.4. The molecule has 2 aromatic heterocycles. The number of pyridine rings is 1. The van der Waals surface area contributed by atoms with E-state index in [0.717, 1.165) is 13.1 Å². The van der Waals surface area contributed by atoms with E-state index >= 15 is 0 Å². The average Bonchev–Trinajstić information content (AvgIpc) is 2.57. The Kier molecular flexibility index (Phi) is 2.05. The van der Waals surface area contributed by atoms with Crippen molar-refractivity contribution in [3.8, 4) is 5.75 Å². The smallest absolute Gasteiger partial charge is 0.356 e. The van der Waals surface area contributed by atoms with Crippen LogP contribution >= 0.6 is 0 Å². The van der Waals surface area contributed by atoms with Crippen molar-refractivity contribution >= 4 is 11.5 Å². The van der Waals surface area contributed by atoms with Crippen LogP contribution in [-0.2, 0) is 0 Å². The van der Waals surface area contributed by atoms with Crippen LogP contribution < -0.4 is 5.32 Å². The summed E-state index contributed by atoms with van der Waals surface area (Å²) in [5.74, 6) is -0.289. The van der Waals surface area contributed by atoms with Crippen molar-refractivity contribution in [2.75, 3.05) is 13.1 Å². The molecule has 0 spiro atoms. The quantitative estimate of drug-likeness (QED) is 0.700. The second-order valence-electron chi connectivity index (χ2n) is 4.09. The van der Waals surface area contributed by atoms with E-state index in [-0.39, 0.29) is 22.9 Å². The molecule has 2 aromatic rings. The third kappa shape index (κ3) is 1.38. The molecule has 6 nitrogen and oxygen atoms in total. The van der Waals surface area contributed by atoms with E-state index < -0.39 is 5.97 Å². The summed E-state index contributed by atoms with van der Waals surface area (Å²) in [5, 5.41) is 22.0. The summed E-state index contributed by atoms with van der Waals surface area (Å²) in [4.78, 5) is 15.2. The Hall–Kier alpha value is -2.08. The normalized spacial score (nSPS) is 16.0. The molecule has 0 unspecified atom stereocenters. The first-order chi connectivity index (χ1) is 8.18. The van der Waals surface area contributed by atoms with Crippen LogP contribution in [0.25, 0.3) is 5.52 Å². The Bertz CT molecular complexity index is 601. The number of hydrogen-bond donors (Lipinski definition) is 3. The van der Waals surface area contributed by atoms with Crippen LogP contribution in [0.1, 0.15) is 22.2 Å². The monoisotopic (exact) mass is 233 g/mol. The molecule has 17 heavy (non-hydrogen) atoms. The Balaban J connectivity index is 2.30. The topological polar surface area (TPSA) is 86.9 Å². The van der Waals surface area contributed by atoms with Gasteiger partial charge in [-0.15, -0.1) is 0 Å². The van der Waals surface area contributed by atoms with Crippen LogP contribution in [0.4, 0.5) is 0 Å². The van der Waals surface area contributed by atoms with Crippen molar-refractivity contribution in [3.63, 3.8) is 0 Å². The molecule has 0 saturated carbocycles. The van der Waals surface area contributed by atoms with E-state index in [1.54, 1.807) is 16.7 Å². The third-order valence-electron chi connectivity index (χ3n) is 3.02. The number of aromatic hydroxyl groups is 1. The van der Waals surface area contributed by atoms with Gasteiger partial charge in [0.05, 0.1) is 0 Å². The van der Waals surface area contributed by atoms with Gasteiger partial charge in [-0.25, -0.2) is 9.78 Å². The Morgan fingerprint density at radius 2 is 2.29 bits per heavy atom. The van der Waals surface area contributed by atoms with Gasteiger partial charge in [0.1, 0.15) is 17.1 Å². The molecule has 3 rings (SSSR count). The fraction of sp³-hybridized carbons (Fsp3) is 0.273. The van der Waals surface area contributed by atoms with Crippen LogP contribution in [0.5, 0.6) is 5.75 Å². The van der Waals surface area contributed by atoms with Crippen LogP contribution in [0.3, 0.4) is 0 Å². The van der Waals surface area contributed by atoms with Crippen molar-refractivity contribution in [2.24, 2.45) is 0 Å². The van der Waals surface area contributed by atoms with Gasteiger partial charge in [-0.2, -0.15) is 0 Å². The molecule has 0 bridgehead atoms. The number of aromatic carboxylic acids is 1. The lowest BCUT2D eigenvalue weighted by Gasteiger charge is -2.25. The van der Waals surface area contributed by atoms with Gasteiger partial charge in [0.2, 0.25) is 0 Å². The van der Waals surface area contributed by atoms with E-state index in [9.17, 15) is 9.90 Å². The maximum absolute atomic E-state index is 11.1. The lowest BCUT2D eigenvalue weighted by molar-refractivity contribution is 0.0692. The molecule has 1 aliphatic rings. The third-order valence-corrected chi connectivity index (χ3v) is 3.02. The summed E-state index contributed by atoms with van der Waals surface area (Å²) < 4.78 is 1.66. The number of fused-ring (bicyclic) bond motifs is 1. The highest BCUT2D eigenvalue weighted by molar-refractivity contribution is 5.95. The van der Waals surface area contributed by atoms with Crippen molar-refractivity contribution in [3.05, 3.63) is 29.8 Å². The SMILES string of the molecule is O=C(O)c1nc(C2CNC2)n2cccc(O)c12. The van der Waals surface area contributed by atoms with E-state index in [2.05, 4.69) is 10.3 Å². The molecule has 1 fully saturated rings. The van der Waals surface area contributed by atoms with Gasteiger partial charge < -0.3 is 15.5 Å². The van der Waals surface area contributed by atoms with Crippen LogP contribution in [0.15, 0.2) is 18.3 Å². The molecule has 1 aliphatic heterocycles. The molecule has 3 N–H and O–H groups in total. The summed E-state index contributed by atoms with van der Waals surface area (Å²) in [6, 6.07) is 3.14. The second kappa shape index (κ2) is 3.46. The zero-order valence-corrected chi connectivity index (χ0v) is 8.92. The zero-order valence-electron chi connectivity index (χ0n) is 8.92. The Morgan fingerprint density at radius 3 is 2.88 bits per heavy atom. The summed E-state index contributed by atoms with van der Waals surface area (Å²) in [6.45, 7) is 1.57. The minimum absolute atomic E-state index is 0.0593. The van der Waals surface area contributed by atoms with E-state index in [0.29, 0.717) is 5.82 Å². The van der Waals surface area contributed by atoms with Gasteiger partial charge >= 0.3 is 5.97 Å². The number of imidazole rings is 1. The number of nitrogens with zero attached hydrogens (tertiary/aromatic N) is 2.